The molecule has 0 heterocycles. The zero-order chi connectivity index (χ0) is 9.72. The van der Waals surface area contributed by atoms with Crippen molar-refractivity contribution in [3.63, 3.8) is 0 Å². The van der Waals surface area contributed by atoms with Crippen molar-refractivity contribution in [1.29, 1.82) is 0 Å². The Morgan fingerprint density at radius 1 is 1.54 bits per heavy atom. The first kappa shape index (κ1) is 15.2. The largest absolute Gasteiger partial charge is 0.461 e. The van der Waals surface area contributed by atoms with E-state index in [2.05, 4.69) is 0 Å². The molecule has 0 aromatic rings. The summed E-state index contributed by atoms with van der Waals surface area (Å²) in [5.41, 5.74) is 5.34. The van der Waals surface area contributed by atoms with E-state index in [4.69, 9.17) is 15.6 Å². The standard InChI is InChI=1S/C8H17NO3.ClH/c1-4-5(2)12-8(11)7(9)6(3)10;/h5-7,10H,4,9H2,1-3H3;1H/t5-,6+,7-;/m0./s1. The van der Waals surface area contributed by atoms with Gasteiger partial charge in [0.1, 0.15) is 6.04 Å². The van der Waals surface area contributed by atoms with Crippen LogP contribution >= 0.6 is 12.4 Å². The van der Waals surface area contributed by atoms with Crippen LogP contribution in [0.2, 0.25) is 0 Å². The van der Waals surface area contributed by atoms with Gasteiger partial charge in [0, 0.05) is 0 Å². The third-order valence-electron chi connectivity index (χ3n) is 1.68. The molecule has 3 atom stereocenters. The summed E-state index contributed by atoms with van der Waals surface area (Å²) in [6.07, 6.45) is -0.248. The number of rotatable bonds is 4. The maximum Gasteiger partial charge on any atom is 0.325 e. The first-order valence-electron chi connectivity index (χ1n) is 4.13. The van der Waals surface area contributed by atoms with Crippen molar-refractivity contribution in [3.8, 4) is 0 Å². The molecule has 0 radical (unpaired) electrons. The van der Waals surface area contributed by atoms with E-state index in [1.807, 2.05) is 6.92 Å². The molecule has 0 saturated heterocycles. The molecule has 0 saturated carbocycles. The summed E-state index contributed by atoms with van der Waals surface area (Å²) < 4.78 is 4.90. The van der Waals surface area contributed by atoms with Gasteiger partial charge < -0.3 is 15.6 Å². The van der Waals surface area contributed by atoms with E-state index >= 15 is 0 Å². The predicted molar refractivity (Wildman–Crippen MR) is 52.7 cm³/mol. The summed E-state index contributed by atoms with van der Waals surface area (Å²) in [4.78, 5) is 11.0. The molecule has 3 N–H and O–H groups in total. The predicted octanol–water partition coefficient (Wildman–Crippen LogP) is 0.458. The van der Waals surface area contributed by atoms with E-state index < -0.39 is 18.1 Å². The average molecular weight is 212 g/mol. The Balaban J connectivity index is 0. The lowest BCUT2D eigenvalue weighted by atomic mass is 10.2. The van der Waals surface area contributed by atoms with Gasteiger partial charge in [0.15, 0.2) is 0 Å². The van der Waals surface area contributed by atoms with Gasteiger partial charge in [0.05, 0.1) is 12.2 Å². The highest BCUT2D eigenvalue weighted by Crippen LogP contribution is 2.00. The van der Waals surface area contributed by atoms with Gasteiger partial charge in [-0.3, -0.25) is 4.79 Å². The molecule has 0 rings (SSSR count). The normalized spacial score (nSPS) is 16.7. The quantitative estimate of drug-likeness (QED) is 0.663. The van der Waals surface area contributed by atoms with Gasteiger partial charge in [-0.15, -0.1) is 12.4 Å². The minimum Gasteiger partial charge on any atom is -0.461 e. The smallest absolute Gasteiger partial charge is 0.325 e. The van der Waals surface area contributed by atoms with Crippen LogP contribution in [-0.4, -0.2) is 29.3 Å². The summed E-state index contributed by atoms with van der Waals surface area (Å²) in [6.45, 7) is 5.15. The lowest BCUT2D eigenvalue weighted by Gasteiger charge is -2.16. The molecule has 0 aromatic carbocycles. The fourth-order valence-electron chi connectivity index (χ4n) is 0.557. The minimum absolute atomic E-state index is 0. The van der Waals surface area contributed by atoms with Crippen molar-refractivity contribution in [3.05, 3.63) is 0 Å². The molecule has 0 aromatic heterocycles. The lowest BCUT2D eigenvalue weighted by Crippen LogP contribution is -2.42. The van der Waals surface area contributed by atoms with Gasteiger partial charge in [0.25, 0.3) is 0 Å². The van der Waals surface area contributed by atoms with Crippen molar-refractivity contribution >= 4 is 18.4 Å². The number of nitrogens with two attached hydrogens (primary N) is 1. The zero-order valence-corrected chi connectivity index (χ0v) is 9.00. The molecule has 80 valence electrons. The Morgan fingerprint density at radius 3 is 2.31 bits per heavy atom. The Bertz CT molecular complexity index is 152. The minimum atomic E-state index is -0.931. The number of hydrogen-bond donors (Lipinski definition) is 2. The summed E-state index contributed by atoms with van der Waals surface area (Å²) in [6, 6.07) is -0.931. The van der Waals surface area contributed by atoms with Crippen LogP contribution in [-0.2, 0) is 9.53 Å². The summed E-state index contributed by atoms with van der Waals surface area (Å²) in [5, 5.41) is 8.95. The van der Waals surface area contributed by atoms with Crippen LogP contribution in [0, 0.1) is 0 Å². The van der Waals surface area contributed by atoms with Crippen LogP contribution < -0.4 is 5.73 Å². The van der Waals surface area contributed by atoms with Crippen molar-refractivity contribution in [2.24, 2.45) is 5.73 Å². The van der Waals surface area contributed by atoms with Crippen LogP contribution in [0.3, 0.4) is 0 Å². The zero-order valence-electron chi connectivity index (χ0n) is 8.19. The van der Waals surface area contributed by atoms with Gasteiger partial charge in [-0.2, -0.15) is 0 Å². The van der Waals surface area contributed by atoms with Gasteiger partial charge in [0.2, 0.25) is 0 Å². The van der Waals surface area contributed by atoms with Gasteiger partial charge in [-0.05, 0) is 20.3 Å². The van der Waals surface area contributed by atoms with Crippen molar-refractivity contribution in [2.75, 3.05) is 0 Å². The van der Waals surface area contributed by atoms with E-state index in [9.17, 15) is 4.79 Å². The maximum atomic E-state index is 11.0. The summed E-state index contributed by atoms with van der Waals surface area (Å²) in [5.74, 6) is -0.542. The third kappa shape index (κ3) is 5.85. The van der Waals surface area contributed by atoms with E-state index in [1.54, 1.807) is 6.92 Å². The topological polar surface area (TPSA) is 72.5 Å². The Hall–Kier alpha value is -0.320. The molecule has 0 aliphatic heterocycles. The van der Waals surface area contributed by atoms with Gasteiger partial charge in [-0.25, -0.2) is 0 Å². The molecule has 0 amide bonds. The van der Waals surface area contributed by atoms with E-state index in [0.717, 1.165) is 6.42 Å². The number of hydrogen-bond acceptors (Lipinski definition) is 4. The second kappa shape index (κ2) is 7.12. The van der Waals surface area contributed by atoms with Crippen LogP contribution in [0.5, 0.6) is 0 Å². The average Bonchev–Trinajstić information content (AvgIpc) is 2.02. The van der Waals surface area contributed by atoms with Gasteiger partial charge >= 0.3 is 5.97 Å². The molecule has 4 nitrogen and oxygen atoms in total. The Kier molecular flexibility index (Phi) is 8.30. The molecular formula is C8H18ClNO3. The fourth-order valence-corrected chi connectivity index (χ4v) is 0.557. The first-order valence-corrected chi connectivity index (χ1v) is 4.13. The second-order valence-electron chi connectivity index (χ2n) is 2.92. The van der Waals surface area contributed by atoms with Crippen molar-refractivity contribution in [2.45, 2.75) is 45.4 Å². The number of ether oxygens (including phenoxy) is 1. The highest BCUT2D eigenvalue weighted by atomic mass is 35.5. The van der Waals surface area contributed by atoms with Crippen LogP contribution in [0.25, 0.3) is 0 Å². The fraction of sp³-hybridized carbons (Fsp3) is 0.875. The molecule has 0 spiro atoms. The van der Waals surface area contributed by atoms with E-state index in [0.29, 0.717) is 0 Å². The monoisotopic (exact) mass is 211 g/mol. The third-order valence-corrected chi connectivity index (χ3v) is 1.68. The number of halogens is 1. The SMILES string of the molecule is CC[C@H](C)OC(=O)[C@@H](N)[C@@H](C)O.Cl. The molecule has 5 heteroatoms. The molecule has 0 fully saturated rings. The number of aliphatic hydroxyl groups is 1. The van der Waals surface area contributed by atoms with Crippen molar-refractivity contribution < 1.29 is 14.6 Å². The number of aliphatic hydroxyl groups excluding tert-OH is 1. The van der Waals surface area contributed by atoms with Gasteiger partial charge in [-0.1, -0.05) is 6.92 Å². The second-order valence-corrected chi connectivity index (χ2v) is 2.92. The Labute approximate surface area is 84.9 Å². The van der Waals surface area contributed by atoms with E-state index in [-0.39, 0.29) is 18.5 Å². The molecular weight excluding hydrogens is 194 g/mol. The Morgan fingerprint density at radius 2 is 2.00 bits per heavy atom. The van der Waals surface area contributed by atoms with E-state index in [1.165, 1.54) is 6.92 Å². The lowest BCUT2D eigenvalue weighted by molar-refractivity contribution is -0.152. The molecule has 0 aliphatic rings. The molecule has 0 bridgehead atoms. The van der Waals surface area contributed by atoms with Crippen LogP contribution in [0.1, 0.15) is 27.2 Å². The van der Waals surface area contributed by atoms with Crippen LogP contribution in [0.4, 0.5) is 0 Å². The number of carbonyl (C=O) groups is 1. The highest BCUT2D eigenvalue weighted by molar-refractivity contribution is 5.85. The summed E-state index contributed by atoms with van der Waals surface area (Å²) in [7, 11) is 0. The molecule has 0 unspecified atom stereocenters. The number of esters is 1. The van der Waals surface area contributed by atoms with Crippen molar-refractivity contribution in [1.82, 2.24) is 0 Å². The first-order chi connectivity index (χ1) is 5.49. The highest BCUT2D eigenvalue weighted by Gasteiger charge is 2.21. The molecule has 13 heavy (non-hydrogen) atoms. The van der Waals surface area contributed by atoms with Crippen LogP contribution in [0.15, 0.2) is 0 Å². The maximum absolute atomic E-state index is 11.0. The number of carbonyl (C=O) groups excluding carboxylic acids is 1. The summed E-state index contributed by atoms with van der Waals surface area (Å²) >= 11 is 0. The molecule has 0 aliphatic carbocycles.